The summed E-state index contributed by atoms with van der Waals surface area (Å²) in [5.74, 6) is 0.152. The van der Waals surface area contributed by atoms with E-state index in [0.717, 1.165) is 16.4 Å². The van der Waals surface area contributed by atoms with E-state index in [1.807, 2.05) is 13.0 Å². The van der Waals surface area contributed by atoms with Crippen LogP contribution >= 0.6 is 11.6 Å². The summed E-state index contributed by atoms with van der Waals surface area (Å²) in [5, 5.41) is 3.03. The Morgan fingerprint density at radius 3 is 2.26 bits per heavy atom. The summed E-state index contributed by atoms with van der Waals surface area (Å²) in [6, 6.07) is 24.3. The second-order valence-corrected chi connectivity index (χ2v) is 10.3. The monoisotopic (exact) mass is 554 g/mol. The van der Waals surface area contributed by atoms with Crippen LogP contribution in [-0.4, -0.2) is 27.5 Å². The van der Waals surface area contributed by atoms with E-state index in [2.05, 4.69) is 5.32 Å². The van der Waals surface area contributed by atoms with Gasteiger partial charge in [-0.3, -0.25) is 9.10 Å². The van der Waals surface area contributed by atoms with E-state index in [1.54, 1.807) is 36.4 Å². The summed E-state index contributed by atoms with van der Waals surface area (Å²) in [6.45, 7) is 1.64. The van der Waals surface area contributed by atoms with Gasteiger partial charge >= 0.3 is 0 Å². The van der Waals surface area contributed by atoms with Crippen LogP contribution in [-0.2, 0) is 14.8 Å². The minimum Gasteiger partial charge on any atom is -0.494 e. The lowest BCUT2D eigenvalue weighted by Gasteiger charge is -2.24. The van der Waals surface area contributed by atoms with Gasteiger partial charge in [-0.25, -0.2) is 12.8 Å². The fourth-order valence-electron chi connectivity index (χ4n) is 3.55. The third kappa shape index (κ3) is 6.62. The number of benzene rings is 4. The molecule has 0 bridgehead atoms. The standard InChI is InChI=1S/C28H24ClFN2O5S/c1-2-36-23-13-15-25(16-14-23)38(34,35)32(22-11-9-21(30)10-12-22)19-28(33)31-26-18-20(29)8-17-27(26)37-24-6-4-3-5-7-24/h3-18H,2,19H2,1H3,(H,31,33). The maximum absolute atomic E-state index is 13.6. The van der Waals surface area contributed by atoms with Crippen molar-refractivity contribution < 1.29 is 27.1 Å². The minimum absolute atomic E-state index is 0.0612. The van der Waals surface area contributed by atoms with Gasteiger partial charge in [-0.1, -0.05) is 29.8 Å². The number of hydrogen-bond acceptors (Lipinski definition) is 5. The lowest BCUT2D eigenvalue weighted by atomic mass is 10.2. The molecule has 1 N–H and O–H groups in total. The van der Waals surface area contributed by atoms with Crippen LogP contribution < -0.4 is 19.1 Å². The average Bonchev–Trinajstić information content (AvgIpc) is 2.90. The number of carbonyl (C=O) groups excluding carboxylic acids is 1. The van der Waals surface area contributed by atoms with Crippen LogP contribution in [0.15, 0.2) is 102 Å². The van der Waals surface area contributed by atoms with E-state index in [1.165, 1.54) is 42.5 Å². The molecule has 0 radical (unpaired) electrons. The average molecular weight is 555 g/mol. The molecule has 0 aliphatic rings. The summed E-state index contributed by atoms with van der Waals surface area (Å²) in [7, 11) is -4.22. The van der Waals surface area contributed by atoms with Crippen LogP contribution in [0.4, 0.5) is 15.8 Å². The van der Waals surface area contributed by atoms with Crippen LogP contribution in [0, 0.1) is 5.82 Å². The molecule has 4 aromatic carbocycles. The van der Waals surface area contributed by atoms with E-state index in [0.29, 0.717) is 28.9 Å². The second-order valence-electron chi connectivity index (χ2n) is 8.00. The molecule has 0 saturated heterocycles. The predicted molar refractivity (Wildman–Crippen MR) is 145 cm³/mol. The number of carbonyl (C=O) groups is 1. The quantitative estimate of drug-likeness (QED) is 0.242. The molecule has 4 rings (SSSR count). The topological polar surface area (TPSA) is 84.9 Å². The number of sulfonamides is 1. The summed E-state index contributed by atoms with van der Waals surface area (Å²) in [5.41, 5.74) is 0.367. The molecule has 1 amide bonds. The number of amides is 1. The normalized spacial score (nSPS) is 11.0. The van der Waals surface area contributed by atoms with Crippen LogP contribution in [0.25, 0.3) is 0 Å². The molecular weight excluding hydrogens is 531 g/mol. The first-order valence-electron chi connectivity index (χ1n) is 11.6. The van der Waals surface area contributed by atoms with E-state index in [9.17, 15) is 17.6 Å². The summed E-state index contributed by atoms with van der Waals surface area (Å²) in [6.07, 6.45) is 0. The second kappa shape index (κ2) is 12.0. The molecular formula is C28H24ClFN2O5S. The van der Waals surface area contributed by atoms with Gasteiger partial charge in [0, 0.05) is 5.02 Å². The molecule has 7 nitrogen and oxygen atoms in total. The van der Waals surface area contributed by atoms with E-state index in [4.69, 9.17) is 21.1 Å². The Bertz CT molecular complexity index is 1500. The Morgan fingerprint density at radius 1 is 0.921 bits per heavy atom. The molecule has 0 unspecified atom stereocenters. The third-order valence-corrected chi connectivity index (χ3v) is 7.33. The van der Waals surface area contributed by atoms with Gasteiger partial charge in [0.15, 0.2) is 5.75 Å². The highest BCUT2D eigenvalue weighted by molar-refractivity contribution is 7.92. The van der Waals surface area contributed by atoms with Crippen molar-refractivity contribution in [1.82, 2.24) is 0 Å². The van der Waals surface area contributed by atoms with Crippen molar-refractivity contribution in [3.8, 4) is 17.2 Å². The Hall–Kier alpha value is -4.08. The van der Waals surface area contributed by atoms with Crippen molar-refractivity contribution in [2.45, 2.75) is 11.8 Å². The highest BCUT2D eigenvalue weighted by Crippen LogP contribution is 2.32. The molecule has 38 heavy (non-hydrogen) atoms. The summed E-state index contributed by atoms with van der Waals surface area (Å²) in [4.78, 5) is 13.1. The zero-order valence-electron chi connectivity index (χ0n) is 20.3. The molecule has 0 heterocycles. The SMILES string of the molecule is CCOc1ccc(S(=O)(=O)N(CC(=O)Nc2cc(Cl)ccc2Oc2ccccc2)c2ccc(F)cc2)cc1. The molecule has 0 spiro atoms. The Morgan fingerprint density at radius 2 is 1.61 bits per heavy atom. The Labute approximate surface area is 225 Å². The Kier molecular flexibility index (Phi) is 8.50. The molecule has 0 aliphatic heterocycles. The van der Waals surface area contributed by atoms with Gasteiger partial charge in [0.25, 0.3) is 10.0 Å². The van der Waals surface area contributed by atoms with Crippen molar-refractivity contribution in [3.63, 3.8) is 0 Å². The lowest BCUT2D eigenvalue weighted by Crippen LogP contribution is -2.38. The maximum Gasteiger partial charge on any atom is 0.264 e. The number of hydrogen-bond donors (Lipinski definition) is 1. The first kappa shape index (κ1) is 27.0. The molecule has 196 valence electrons. The van der Waals surface area contributed by atoms with Crippen LogP contribution in [0.1, 0.15) is 6.92 Å². The first-order chi connectivity index (χ1) is 18.3. The molecule has 0 aliphatic carbocycles. The van der Waals surface area contributed by atoms with Crippen molar-refractivity contribution >= 4 is 38.9 Å². The Balaban J connectivity index is 1.63. The number of ether oxygens (including phenoxy) is 2. The fourth-order valence-corrected chi connectivity index (χ4v) is 5.14. The predicted octanol–water partition coefficient (Wildman–Crippen LogP) is 6.50. The molecule has 0 aromatic heterocycles. The van der Waals surface area contributed by atoms with Gasteiger partial charge in [-0.05, 0) is 85.8 Å². The van der Waals surface area contributed by atoms with Crippen LogP contribution in [0.2, 0.25) is 5.02 Å². The highest BCUT2D eigenvalue weighted by atomic mass is 35.5. The van der Waals surface area contributed by atoms with Gasteiger partial charge in [0.2, 0.25) is 5.91 Å². The number of para-hydroxylation sites is 1. The van der Waals surface area contributed by atoms with Gasteiger partial charge in [0.05, 0.1) is 22.9 Å². The zero-order valence-corrected chi connectivity index (χ0v) is 21.9. The third-order valence-electron chi connectivity index (χ3n) is 5.31. The first-order valence-corrected chi connectivity index (χ1v) is 13.4. The molecule has 4 aromatic rings. The lowest BCUT2D eigenvalue weighted by molar-refractivity contribution is -0.114. The van der Waals surface area contributed by atoms with Crippen LogP contribution in [0.3, 0.4) is 0 Å². The van der Waals surface area contributed by atoms with E-state index >= 15 is 0 Å². The van der Waals surface area contributed by atoms with E-state index < -0.39 is 28.3 Å². The number of nitrogens with one attached hydrogen (secondary N) is 1. The van der Waals surface area contributed by atoms with Gasteiger partial charge in [-0.15, -0.1) is 0 Å². The zero-order chi connectivity index (χ0) is 27.1. The molecule has 0 atom stereocenters. The van der Waals surface area contributed by atoms with Crippen molar-refractivity contribution in [2.75, 3.05) is 22.8 Å². The minimum atomic E-state index is -4.22. The van der Waals surface area contributed by atoms with E-state index in [-0.39, 0.29) is 16.3 Å². The van der Waals surface area contributed by atoms with Gasteiger partial charge in [-0.2, -0.15) is 0 Å². The molecule has 10 heteroatoms. The number of anilines is 2. The van der Waals surface area contributed by atoms with Crippen molar-refractivity contribution in [1.29, 1.82) is 0 Å². The van der Waals surface area contributed by atoms with Crippen molar-refractivity contribution in [2.24, 2.45) is 0 Å². The highest BCUT2D eigenvalue weighted by Gasteiger charge is 2.28. The number of rotatable bonds is 10. The number of nitrogens with zero attached hydrogens (tertiary/aromatic N) is 1. The smallest absolute Gasteiger partial charge is 0.264 e. The summed E-state index contributed by atoms with van der Waals surface area (Å²) < 4.78 is 53.0. The van der Waals surface area contributed by atoms with Crippen LogP contribution in [0.5, 0.6) is 17.2 Å². The molecule has 0 saturated carbocycles. The summed E-state index contributed by atoms with van der Waals surface area (Å²) >= 11 is 6.15. The van der Waals surface area contributed by atoms with Crippen molar-refractivity contribution in [3.05, 3.63) is 108 Å². The van der Waals surface area contributed by atoms with Gasteiger partial charge in [0.1, 0.15) is 23.9 Å². The maximum atomic E-state index is 13.6. The number of halogens is 2. The molecule has 0 fully saturated rings. The van der Waals surface area contributed by atoms with Gasteiger partial charge < -0.3 is 14.8 Å². The largest absolute Gasteiger partial charge is 0.494 e. The fraction of sp³-hybridized carbons (Fsp3) is 0.107.